The van der Waals surface area contributed by atoms with E-state index in [0.717, 1.165) is 42.5 Å². The van der Waals surface area contributed by atoms with Crippen molar-refractivity contribution in [1.82, 2.24) is 10.6 Å². The lowest BCUT2D eigenvalue weighted by atomic mass is 9.84. The number of guanidine groups is 1. The molecule has 0 radical (unpaired) electrons. The van der Waals surface area contributed by atoms with Gasteiger partial charge in [0.05, 0.1) is 6.61 Å². The summed E-state index contributed by atoms with van der Waals surface area (Å²) in [6, 6.07) is 7.73. The third-order valence-corrected chi connectivity index (χ3v) is 4.31. The van der Waals surface area contributed by atoms with Gasteiger partial charge < -0.3 is 20.5 Å². The highest BCUT2D eigenvalue weighted by atomic mass is 127. The lowest BCUT2D eigenvalue weighted by Crippen LogP contribution is -2.44. The predicted molar refractivity (Wildman–Crippen MR) is 105 cm³/mol. The molecule has 1 aromatic rings. The average Bonchev–Trinajstić information content (AvgIpc) is 2.98. The van der Waals surface area contributed by atoms with Crippen LogP contribution in [0.2, 0.25) is 5.02 Å². The Labute approximate surface area is 159 Å². The molecule has 0 saturated carbocycles. The minimum absolute atomic E-state index is 0. The monoisotopic (exact) mass is 453 g/mol. The fourth-order valence-electron chi connectivity index (χ4n) is 2.59. The Bertz CT molecular complexity index is 491. The zero-order valence-corrected chi connectivity index (χ0v) is 16.4. The molecule has 2 rings (SSSR count). The molecule has 1 unspecified atom stereocenters. The van der Waals surface area contributed by atoms with Gasteiger partial charge in [-0.3, -0.25) is 4.99 Å². The van der Waals surface area contributed by atoms with Crippen molar-refractivity contribution in [1.29, 1.82) is 0 Å². The van der Waals surface area contributed by atoms with Crippen molar-refractivity contribution in [3.05, 3.63) is 34.9 Å². The van der Waals surface area contributed by atoms with E-state index in [2.05, 4.69) is 15.6 Å². The summed E-state index contributed by atoms with van der Waals surface area (Å²) in [6.07, 6.45) is 1.71. The highest BCUT2D eigenvalue weighted by Gasteiger charge is 2.34. The third-order valence-electron chi connectivity index (χ3n) is 4.05. The number of ether oxygens (including phenoxy) is 1. The van der Waals surface area contributed by atoms with Gasteiger partial charge in [0, 0.05) is 43.8 Å². The fraction of sp³-hybridized carbons (Fsp3) is 0.562. The lowest BCUT2D eigenvalue weighted by molar-refractivity contribution is 0.127. The summed E-state index contributed by atoms with van der Waals surface area (Å²) in [5, 5.41) is 16.6. The molecule has 0 bridgehead atoms. The van der Waals surface area contributed by atoms with Gasteiger partial charge >= 0.3 is 0 Å². The summed E-state index contributed by atoms with van der Waals surface area (Å²) in [5.74, 6) is 0.749. The van der Waals surface area contributed by atoms with Gasteiger partial charge in [0.2, 0.25) is 0 Å². The van der Waals surface area contributed by atoms with Gasteiger partial charge in [-0.2, -0.15) is 0 Å². The molecule has 3 N–H and O–H groups in total. The van der Waals surface area contributed by atoms with Crippen LogP contribution in [0.25, 0.3) is 0 Å². The molecule has 1 saturated heterocycles. The van der Waals surface area contributed by atoms with Crippen molar-refractivity contribution in [3.8, 4) is 0 Å². The molecular weight excluding hydrogens is 429 g/mol. The third kappa shape index (κ3) is 6.45. The van der Waals surface area contributed by atoms with E-state index in [1.807, 2.05) is 24.3 Å². The van der Waals surface area contributed by atoms with E-state index in [-0.39, 0.29) is 36.0 Å². The van der Waals surface area contributed by atoms with Crippen molar-refractivity contribution in [3.63, 3.8) is 0 Å². The van der Waals surface area contributed by atoms with E-state index in [1.165, 1.54) is 0 Å². The second-order valence-electron chi connectivity index (χ2n) is 5.68. The van der Waals surface area contributed by atoms with Crippen LogP contribution >= 0.6 is 35.6 Å². The second kappa shape index (κ2) is 10.3. The van der Waals surface area contributed by atoms with E-state index in [0.29, 0.717) is 13.2 Å². The molecule has 1 aliphatic rings. The van der Waals surface area contributed by atoms with Gasteiger partial charge in [-0.05, 0) is 30.5 Å². The highest BCUT2D eigenvalue weighted by Crippen LogP contribution is 2.31. The number of benzene rings is 1. The molecule has 0 aliphatic carbocycles. The molecule has 7 heteroatoms. The van der Waals surface area contributed by atoms with Gasteiger partial charge in [0.15, 0.2) is 5.96 Å². The van der Waals surface area contributed by atoms with Crippen molar-refractivity contribution in [2.24, 2.45) is 10.4 Å². The SMILES string of the molecule is CN=C(NCc1ccc(Cl)cc1)NCC1(CCO)CCOC1.I. The highest BCUT2D eigenvalue weighted by molar-refractivity contribution is 14.0. The molecule has 1 aromatic carbocycles. The first-order chi connectivity index (χ1) is 10.7. The molecule has 130 valence electrons. The fourth-order valence-corrected chi connectivity index (χ4v) is 2.72. The number of aliphatic hydroxyl groups excluding tert-OH is 1. The van der Waals surface area contributed by atoms with Crippen LogP contribution < -0.4 is 10.6 Å². The summed E-state index contributed by atoms with van der Waals surface area (Å²) in [4.78, 5) is 4.24. The van der Waals surface area contributed by atoms with E-state index in [9.17, 15) is 5.11 Å². The first-order valence-electron chi connectivity index (χ1n) is 7.55. The van der Waals surface area contributed by atoms with Gasteiger partial charge in [-0.25, -0.2) is 0 Å². The summed E-state index contributed by atoms with van der Waals surface area (Å²) >= 11 is 5.88. The van der Waals surface area contributed by atoms with Crippen LogP contribution in [0.1, 0.15) is 18.4 Å². The number of rotatable bonds is 6. The van der Waals surface area contributed by atoms with Crippen LogP contribution in [0.5, 0.6) is 0 Å². The summed E-state index contributed by atoms with van der Waals surface area (Å²) < 4.78 is 5.50. The number of aliphatic imine (C=N–C) groups is 1. The minimum Gasteiger partial charge on any atom is -0.396 e. The van der Waals surface area contributed by atoms with Gasteiger partial charge in [-0.15, -0.1) is 24.0 Å². The minimum atomic E-state index is 0. The average molecular weight is 454 g/mol. The van der Waals surface area contributed by atoms with E-state index >= 15 is 0 Å². The quantitative estimate of drug-likeness (QED) is 0.352. The molecule has 1 heterocycles. The standard InChI is InChI=1S/C16H24ClN3O2.HI/c1-18-15(19-10-13-2-4-14(17)5-3-13)20-11-16(6-8-21)7-9-22-12-16;/h2-5,21H,6-12H2,1H3,(H2,18,19,20);1H. The van der Waals surface area contributed by atoms with Crippen molar-refractivity contribution in [2.75, 3.05) is 33.4 Å². The largest absolute Gasteiger partial charge is 0.396 e. The first kappa shape index (κ1) is 20.5. The predicted octanol–water partition coefficient (Wildman–Crippen LogP) is 2.41. The number of aliphatic hydroxyl groups is 1. The van der Waals surface area contributed by atoms with Gasteiger partial charge in [0.1, 0.15) is 0 Å². The number of nitrogens with zero attached hydrogens (tertiary/aromatic N) is 1. The second-order valence-corrected chi connectivity index (χ2v) is 6.12. The topological polar surface area (TPSA) is 65.9 Å². The zero-order valence-electron chi connectivity index (χ0n) is 13.3. The molecular formula is C16H25ClIN3O2. The molecule has 5 nitrogen and oxygen atoms in total. The maximum Gasteiger partial charge on any atom is 0.191 e. The number of nitrogens with one attached hydrogen (secondary N) is 2. The smallest absolute Gasteiger partial charge is 0.191 e. The maximum atomic E-state index is 9.25. The molecule has 1 aliphatic heterocycles. The molecule has 23 heavy (non-hydrogen) atoms. The zero-order chi connectivity index (χ0) is 15.8. The van der Waals surface area contributed by atoms with Crippen LogP contribution in [-0.4, -0.2) is 44.5 Å². The molecule has 0 amide bonds. The van der Waals surface area contributed by atoms with E-state index in [4.69, 9.17) is 16.3 Å². The van der Waals surface area contributed by atoms with Gasteiger partial charge in [-0.1, -0.05) is 23.7 Å². The summed E-state index contributed by atoms with van der Waals surface area (Å²) in [5.41, 5.74) is 1.15. The Morgan fingerprint density at radius 2 is 2.09 bits per heavy atom. The molecule has 0 aromatic heterocycles. The van der Waals surface area contributed by atoms with Crippen LogP contribution in [0.4, 0.5) is 0 Å². The number of hydrogen-bond donors (Lipinski definition) is 3. The van der Waals surface area contributed by atoms with Crippen LogP contribution in [-0.2, 0) is 11.3 Å². The van der Waals surface area contributed by atoms with Crippen LogP contribution in [0.3, 0.4) is 0 Å². The molecule has 0 spiro atoms. The number of hydrogen-bond acceptors (Lipinski definition) is 3. The Balaban J connectivity index is 0.00000264. The Kier molecular flexibility index (Phi) is 9.19. The van der Waals surface area contributed by atoms with Gasteiger partial charge in [0.25, 0.3) is 0 Å². The van der Waals surface area contributed by atoms with Crippen LogP contribution in [0, 0.1) is 5.41 Å². The van der Waals surface area contributed by atoms with Crippen molar-refractivity contribution in [2.45, 2.75) is 19.4 Å². The van der Waals surface area contributed by atoms with Crippen molar-refractivity contribution < 1.29 is 9.84 Å². The van der Waals surface area contributed by atoms with Crippen LogP contribution in [0.15, 0.2) is 29.3 Å². The maximum absolute atomic E-state index is 9.25. The normalized spacial score (nSPS) is 20.9. The summed E-state index contributed by atoms with van der Waals surface area (Å²) in [6.45, 7) is 3.06. The lowest BCUT2D eigenvalue weighted by Gasteiger charge is -2.27. The van der Waals surface area contributed by atoms with Crippen molar-refractivity contribution >= 4 is 41.5 Å². The molecule has 1 fully saturated rings. The van der Waals surface area contributed by atoms with E-state index in [1.54, 1.807) is 7.05 Å². The summed E-state index contributed by atoms with van der Waals surface area (Å²) in [7, 11) is 1.75. The first-order valence-corrected chi connectivity index (χ1v) is 7.93. The Morgan fingerprint density at radius 3 is 2.65 bits per heavy atom. The Hall–Kier alpha value is -0.570. The molecule has 1 atom stereocenters. The van der Waals surface area contributed by atoms with E-state index < -0.39 is 0 Å². The number of halogens is 2. The Morgan fingerprint density at radius 1 is 1.35 bits per heavy atom.